The van der Waals surface area contributed by atoms with Crippen molar-refractivity contribution in [3.8, 4) is 0 Å². The third-order valence-electron chi connectivity index (χ3n) is 2.24. The SMILES string of the molecule is COC(=O)c1cc2cnn(C)c2cc1Cl. The van der Waals surface area contributed by atoms with Gasteiger partial charge in [0.2, 0.25) is 0 Å². The predicted molar refractivity (Wildman–Crippen MR) is 57.1 cm³/mol. The second-order valence-electron chi connectivity index (χ2n) is 3.15. The Balaban J connectivity index is 2.68. The largest absolute Gasteiger partial charge is 0.465 e. The molecule has 0 aliphatic rings. The molecule has 4 nitrogen and oxygen atoms in total. The van der Waals surface area contributed by atoms with Crippen LogP contribution in [0, 0.1) is 0 Å². The number of aryl methyl sites for hydroxylation is 1. The summed E-state index contributed by atoms with van der Waals surface area (Å²) in [4.78, 5) is 11.4. The van der Waals surface area contributed by atoms with Gasteiger partial charge in [-0.15, -0.1) is 0 Å². The van der Waals surface area contributed by atoms with Gasteiger partial charge in [0.1, 0.15) is 0 Å². The Bertz CT molecular complexity index is 533. The molecular weight excluding hydrogens is 216 g/mol. The fourth-order valence-electron chi connectivity index (χ4n) is 1.44. The molecule has 15 heavy (non-hydrogen) atoms. The Morgan fingerprint density at radius 2 is 2.27 bits per heavy atom. The van der Waals surface area contributed by atoms with Crippen LogP contribution in [0.2, 0.25) is 5.02 Å². The summed E-state index contributed by atoms with van der Waals surface area (Å²) in [5, 5.41) is 5.31. The molecule has 0 amide bonds. The van der Waals surface area contributed by atoms with E-state index < -0.39 is 5.97 Å². The molecule has 0 saturated heterocycles. The first kappa shape index (κ1) is 9.98. The highest BCUT2D eigenvalue weighted by molar-refractivity contribution is 6.34. The van der Waals surface area contributed by atoms with E-state index in [0.717, 1.165) is 10.9 Å². The molecule has 0 aliphatic heterocycles. The van der Waals surface area contributed by atoms with Crippen molar-refractivity contribution >= 4 is 28.5 Å². The second-order valence-corrected chi connectivity index (χ2v) is 3.56. The van der Waals surface area contributed by atoms with E-state index in [2.05, 4.69) is 9.84 Å². The molecule has 0 saturated carbocycles. The summed E-state index contributed by atoms with van der Waals surface area (Å²) in [5.41, 5.74) is 1.24. The summed E-state index contributed by atoms with van der Waals surface area (Å²) >= 11 is 5.96. The van der Waals surface area contributed by atoms with E-state index in [4.69, 9.17) is 11.6 Å². The van der Waals surface area contributed by atoms with E-state index in [0.29, 0.717) is 10.6 Å². The van der Waals surface area contributed by atoms with Crippen LogP contribution >= 0.6 is 11.6 Å². The number of benzene rings is 1. The quantitative estimate of drug-likeness (QED) is 0.696. The van der Waals surface area contributed by atoms with Gasteiger partial charge in [0, 0.05) is 12.4 Å². The van der Waals surface area contributed by atoms with E-state index >= 15 is 0 Å². The van der Waals surface area contributed by atoms with E-state index in [1.807, 2.05) is 7.05 Å². The zero-order chi connectivity index (χ0) is 11.0. The molecule has 0 radical (unpaired) electrons. The minimum atomic E-state index is -0.439. The van der Waals surface area contributed by atoms with Crippen molar-refractivity contribution in [2.45, 2.75) is 0 Å². The number of fused-ring (bicyclic) bond motifs is 1. The number of methoxy groups -OCH3 is 1. The molecular formula is C10H9ClN2O2. The monoisotopic (exact) mass is 224 g/mol. The predicted octanol–water partition coefficient (Wildman–Crippen LogP) is 2.01. The van der Waals surface area contributed by atoms with Crippen molar-refractivity contribution in [2.75, 3.05) is 7.11 Å². The molecule has 0 fully saturated rings. The Kier molecular flexibility index (Phi) is 2.36. The van der Waals surface area contributed by atoms with E-state index in [1.54, 1.807) is 23.0 Å². The van der Waals surface area contributed by atoms with Crippen molar-refractivity contribution in [3.05, 3.63) is 28.9 Å². The number of nitrogens with zero attached hydrogens (tertiary/aromatic N) is 2. The van der Waals surface area contributed by atoms with E-state index in [1.165, 1.54) is 7.11 Å². The molecule has 78 valence electrons. The van der Waals surface area contributed by atoms with Crippen molar-refractivity contribution in [1.82, 2.24) is 9.78 Å². The Morgan fingerprint density at radius 1 is 1.53 bits per heavy atom. The maximum Gasteiger partial charge on any atom is 0.339 e. The highest BCUT2D eigenvalue weighted by Gasteiger charge is 2.13. The lowest BCUT2D eigenvalue weighted by Crippen LogP contribution is -2.02. The van der Waals surface area contributed by atoms with Gasteiger partial charge in [-0.3, -0.25) is 4.68 Å². The van der Waals surface area contributed by atoms with E-state index in [-0.39, 0.29) is 0 Å². The highest BCUT2D eigenvalue weighted by Crippen LogP contribution is 2.24. The van der Waals surface area contributed by atoms with Gasteiger partial charge in [0.15, 0.2) is 0 Å². The van der Waals surface area contributed by atoms with Crippen molar-refractivity contribution in [1.29, 1.82) is 0 Å². The van der Waals surface area contributed by atoms with Gasteiger partial charge in [-0.05, 0) is 12.1 Å². The summed E-state index contributed by atoms with van der Waals surface area (Å²) < 4.78 is 6.32. The maximum atomic E-state index is 11.4. The van der Waals surface area contributed by atoms with Crippen LogP contribution in [0.15, 0.2) is 18.3 Å². The molecule has 2 aromatic rings. The van der Waals surface area contributed by atoms with Crippen molar-refractivity contribution in [2.24, 2.45) is 7.05 Å². The lowest BCUT2D eigenvalue weighted by Gasteiger charge is -2.02. The Hall–Kier alpha value is -1.55. The van der Waals surface area contributed by atoms with Gasteiger partial charge in [-0.1, -0.05) is 11.6 Å². The van der Waals surface area contributed by atoms with Crippen LogP contribution in [0.3, 0.4) is 0 Å². The molecule has 0 bridgehead atoms. The summed E-state index contributed by atoms with van der Waals surface area (Å²) in [6.45, 7) is 0. The number of carbonyl (C=O) groups is 1. The third kappa shape index (κ3) is 1.57. The van der Waals surface area contributed by atoms with Crippen molar-refractivity contribution in [3.63, 3.8) is 0 Å². The lowest BCUT2D eigenvalue weighted by atomic mass is 10.1. The number of halogens is 1. The van der Waals surface area contributed by atoms with Gasteiger partial charge in [0.25, 0.3) is 0 Å². The minimum Gasteiger partial charge on any atom is -0.465 e. The van der Waals surface area contributed by atoms with Crippen LogP contribution in [0.1, 0.15) is 10.4 Å². The first-order chi connectivity index (χ1) is 7.13. The van der Waals surface area contributed by atoms with Crippen LogP contribution in [0.4, 0.5) is 0 Å². The van der Waals surface area contributed by atoms with Crippen LogP contribution < -0.4 is 0 Å². The fraction of sp³-hybridized carbons (Fsp3) is 0.200. The number of hydrogen-bond donors (Lipinski definition) is 0. The molecule has 0 spiro atoms. The third-order valence-corrected chi connectivity index (χ3v) is 2.55. The van der Waals surface area contributed by atoms with Crippen LogP contribution in [0.25, 0.3) is 10.9 Å². The first-order valence-corrected chi connectivity index (χ1v) is 4.71. The molecule has 1 heterocycles. The molecule has 1 aromatic carbocycles. The van der Waals surface area contributed by atoms with Crippen molar-refractivity contribution < 1.29 is 9.53 Å². The average Bonchev–Trinajstić information content (AvgIpc) is 2.58. The zero-order valence-corrected chi connectivity index (χ0v) is 9.08. The Morgan fingerprint density at radius 3 is 2.93 bits per heavy atom. The molecule has 0 aliphatic carbocycles. The molecule has 1 aromatic heterocycles. The molecule has 0 atom stereocenters. The normalized spacial score (nSPS) is 10.6. The van der Waals surface area contributed by atoms with Gasteiger partial charge >= 0.3 is 5.97 Å². The fourth-order valence-corrected chi connectivity index (χ4v) is 1.68. The summed E-state index contributed by atoms with van der Waals surface area (Å²) in [5.74, 6) is -0.439. The van der Waals surface area contributed by atoms with Gasteiger partial charge in [-0.2, -0.15) is 5.10 Å². The number of ether oxygens (including phenoxy) is 1. The average molecular weight is 225 g/mol. The molecule has 0 unspecified atom stereocenters. The minimum absolute atomic E-state index is 0.361. The van der Waals surface area contributed by atoms with Crippen LogP contribution in [-0.4, -0.2) is 22.9 Å². The number of carbonyl (C=O) groups excluding carboxylic acids is 1. The number of esters is 1. The number of hydrogen-bond acceptors (Lipinski definition) is 3. The first-order valence-electron chi connectivity index (χ1n) is 4.33. The molecule has 5 heteroatoms. The standard InChI is InChI=1S/C10H9ClN2O2/c1-13-9-4-8(11)7(10(14)15-2)3-6(9)5-12-13/h3-5H,1-2H3. The van der Waals surface area contributed by atoms with Crippen LogP contribution in [0.5, 0.6) is 0 Å². The van der Waals surface area contributed by atoms with Gasteiger partial charge in [0.05, 0.1) is 29.4 Å². The van der Waals surface area contributed by atoms with E-state index in [9.17, 15) is 4.79 Å². The number of aromatic nitrogens is 2. The van der Waals surface area contributed by atoms with Gasteiger partial charge < -0.3 is 4.74 Å². The highest BCUT2D eigenvalue weighted by atomic mass is 35.5. The maximum absolute atomic E-state index is 11.4. The second kappa shape index (κ2) is 3.55. The Labute approximate surface area is 91.4 Å². The topological polar surface area (TPSA) is 44.1 Å². The van der Waals surface area contributed by atoms with Gasteiger partial charge in [-0.25, -0.2) is 4.79 Å². The summed E-state index contributed by atoms with van der Waals surface area (Å²) in [6, 6.07) is 3.38. The molecule has 2 rings (SSSR count). The number of rotatable bonds is 1. The lowest BCUT2D eigenvalue weighted by molar-refractivity contribution is 0.0601. The summed E-state index contributed by atoms with van der Waals surface area (Å²) in [6.07, 6.45) is 1.68. The zero-order valence-electron chi connectivity index (χ0n) is 8.32. The summed E-state index contributed by atoms with van der Waals surface area (Å²) in [7, 11) is 3.14. The smallest absolute Gasteiger partial charge is 0.339 e. The molecule has 0 N–H and O–H groups in total. The van der Waals surface area contributed by atoms with Crippen LogP contribution in [-0.2, 0) is 11.8 Å².